The summed E-state index contributed by atoms with van der Waals surface area (Å²) in [6.45, 7) is 1.96. The van der Waals surface area contributed by atoms with Gasteiger partial charge in [0.25, 0.3) is 5.91 Å². The fourth-order valence-corrected chi connectivity index (χ4v) is 3.30. The molecule has 0 unspecified atom stereocenters. The molecule has 24 heavy (non-hydrogen) atoms. The quantitative estimate of drug-likeness (QED) is 0.598. The number of anilines is 1. The number of nitrogens with one attached hydrogen (secondary N) is 1. The largest absolute Gasteiger partial charge is 0.355 e. The lowest BCUT2D eigenvalue weighted by atomic mass is 10.1. The van der Waals surface area contributed by atoms with Gasteiger partial charge in [0.2, 0.25) is 0 Å². The van der Waals surface area contributed by atoms with Crippen LogP contribution in [0.15, 0.2) is 59.1 Å². The number of carbonyl (C=O) groups excluding carboxylic acids is 1. The Hall–Kier alpha value is -2.99. The van der Waals surface area contributed by atoms with Gasteiger partial charge in [-0.2, -0.15) is 0 Å². The van der Waals surface area contributed by atoms with E-state index in [2.05, 4.69) is 15.5 Å². The van der Waals surface area contributed by atoms with Gasteiger partial charge in [-0.1, -0.05) is 35.5 Å². The molecule has 0 aliphatic heterocycles. The normalized spacial score (nSPS) is 10.9. The second-order valence-corrected chi connectivity index (χ2v) is 6.55. The van der Waals surface area contributed by atoms with Gasteiger partial charge >= 0.3 is 0 Å². The van der Waals surface area contributed by atoms with Crippen LogP contribution in [-0.4, -0.2) is 16.0 Å². The van der Waals surface area contributed by atoms with Crippen LogP contribution < -0.4 is 5.32 Å². The lowest BCUT2D eigenvalue weighted by molar-refractivity contribution is 0.101. The number of hydrogen-bond donors (Lipinski definition) is 1. The predicted octanol–water partition coefficient (Wildman–Crippen LogP) is 4.51. The molecule has 0 radical (unpaired) electrons. The number of fused-ring (bicyclic) bond motifs is 1. The first-order valence-electron chi connectivity index (χ1n) is 7.40. The third-order valence-corrected chi connectivity index (χ3v) is 4.49. The molecule has 0 saturated carbocycles. The molecule has 0 aliphatic carbocycles. The van der Waals surface area contributed by atoms with Crippen molar-refractivity contribution in [3.8, 4) is 11.3 Å². The van der Waals surface area contributed by atoms with Crippen molar-refractivity contribution in [2.75, 3.05) is 5.32 Å². The van der Waals surface area contributed by atoms with E-state index >= 15 is 0 Å². The second-order valence-electron chi connectivity index (χ2n) is 5.31. The fourth-order valence-electron chi connectivity index (χ4n) is 2.43. The molecule has 4 aromatic rings. The van der Waals surface area contributed by atoms with Crippen LogP contribution in [0.3, 0.4) is 0 Å². The lowest BCUT2D eigenvalue weighted by Gasteiger charge is -2.02. The molecule has 6 heteroatoms. The van der Waals surface area contributed by atoms with Gasteiger partial charge < -0.3 is 9.84 Å². The van der Waals surface area contributed by atoms with Crippen LogP contribution in [0.25, 0.3) is 21.5 Å². The predicted molar refractivity (Wildman–Crippen MR) is 94.2 cm³/mol. The highest BCUT2D eigenvalue weighted by molar-refractivity contribution is 7.18. The Morgan fingerprint density at radius 3 is 2.79 bits per heavy atom. The van der Waals surface area contributed by atoms with Gasteiger partial charge in [-0.15, -0.1) is 11.3 Å². The minimum atomic E-state index is -0.304. The zero-order valence-corrected chi connectivity index (χ0v) is 13.6. The van der Waals surface area contributed by atoms with Crippen LogP contribution in [-0.2, 0) is 0 Å². The summed E-state index contributed by atoms with van der Waals surface area (Å²) >= 11 is 1.59. The van der Waals surface area contributed by atoms with Gasteiger partial charge in [0.15, 0.2) is 11.5 Å². The summed E-state index contributed by atoms with van der Waals surface area (Å²) in [4.78, 5) is 16.8. The first-order valence-corrected chi connectivity index (χ1v) is 8.21. The molecule has 2 aromatic carbocycles. The third-order valence-electron chi connectivity index (χ3n) is 3.55. The number of benzene rings is 2. The maximum absolute atomic E-state index is 12.4. The Morgan fingerprint density at radius 1 is 1.12 bits per heavy atom. The summed E-state index contributed by atoms with van der Waals surface area (Å²) in [5.74, 6) is 0.260. The fraction of sp³-hybridized carbons (Fsp3) is 0.0556. The van der Waals surface area contributed by atoms with E-state index in [0.29, 0.717) is 11.4 Å². The van der Waals surface area contributed by atoms with Crippen molar-refractivity contribution in [1.82, 2.24) is 10.1 Å². The molecule has 0 atom stereocenters. The Labute approximate surface area is 141 Å². The van der Waals surface area contributed by atoms with E-state index in [1.165, 1.54) is 0 Å². The molecule has 0 saturated heterocycles. The Kier molecular flexibility index (Phi) is 3.59. The highest BCUT2D eigenvalue weighted by Crippen LogP contribution is 2.25. The Bertz CT molecular complexity index is 1020. The average molecular weight is 335 g/mol. The van der Waals surface area contributed by atoms with Gasteiger partial charge in [0.05, 0.1) is 15.2 Å². The topological polar surface area (TPSA) is 68.0 Å². The number of aromatic nitrogens is 2. The third kappa shape index (κ3) is 2.79. The van der Waals surface area contributed by atoms with Gasteiger partial charge in [0, 0.05) is 17.3 Å². The molecule has 0 spiro atoms. The Balaban J connectivity index is 1.56. The van der Waals surface area contributed by atoms with E-state index in [1.54, 1.807) is 17.4 Å². The number of amides is 1. The monoisotopic (exact) mass is 335 g/mol. The van der Waals surface area contributed by atoms with E-state index in [-0.39, 0.29) is 11.6 Å². The molecule has 0 aliphatic rings. The maximum Gasteiger partial charge on any atom is 0.277 e. The van der Waals surface area contributed by atoms with Crippen molar-refractivity contribution >= 4 is 33.1 Å². The number of thiazole rings is 1. The Morgan fingerprint density at radius 2 is 1.96 bits per heavy atom. The summed E-state index contributed by atoms with van der Waals surface area (Å²) in [7, 11) is 0. The van der Waals surface area contributed by atoms with Crippen LogP contribution in [0.2, 0.25) is 0 Å². The van der Waals surface area contributed by atoms with Gasteiger partial charge in [-0.25, -0.2) is 4.98 Å². The minimum absolute atomic E-state index is 0.245. The van der Waals surface area contributed by atoms with Gasteiger partial charge in [0.1, 0.15) is 0 Å². The van der Waals surface area contributed by atoms with Crippen molar-refractivity contribution in [3.63, 3.8) is 0 Å². The highest BCUT2D eigenvalue weighted by atomic mass is 32.1. The molecule has 0 bridgehead atoms. The smallest absolute Gasteiger partial charge is 0.277 e. The van der Waals surface area contributed by atoms with E-state index < -0.39 is 0 Å². The summed E-state index contributed by atoms with van der Waals surface area (Å²) in [6.07, 6.45) is 0. The summed E-state index contributed by atoms with van der Waals surface area (Å²) in [6, 6.07) is 16.8. The summed E-state index contributed by atoms with van der Waals surface area (Å²) < 4.78 is 6.30. The lowest BCUT2D eigenvalue weighted by Crippen LogP contribution is -2.11. The average Bonchev–Trinajstić information content (AvgIpc) is 3.21. The number of rotatable bonds is 3. The molecule has 1 amide bonds. The molecule has 118 valence electrons. The van der Waals surface area contributed by atoms with Crippen LogP contribution in [0.4, 0.5) is 5.69 Å². The van der Waals surface area contributed by atoms with Gasteiger partial charge in [-0.3, -0.25) is 4.79 Å². The number of nitrogens with zero attached hydrogens (tertiary/aromatic N) is 2. The summed E-state index contributed by atoms with van der Waals surface area (Å²) in [5, 5.41) is 7.70. The molecule has 5 nitrogen and oxygen atoms in total. The van der Waals surface area contributed by atoms with Crippen LogP contribution in [0, 0.1) is 6.92 Å². The highest BCUT2D eigenvalue weighted by Gasteiger charge is 2.14. The van der Waals surface area contributed by atoms with Crippen LogP contribution >= 0.6 is 11.3 Å². The first kappa shape index (κ1) is 14.6. The molecule has 4 rings (SSSR count). The maximum atomic E-state index is 12.4. The minimum Gasteiger partial charge on any atom is -0.355 e. The standard InChI is InChI=1S/C18H13N3O2S/c1-11-19-14-8-7-13(9-17(14)24-11)20-18(22)15-10-16(23-21-15)12-5-3-2-4-6-12/h2-10H,1H3,(H,20,22). The van der Waals surface area contributed by atoms with Crippen molar-refractivity contribution in [3.05, 3.63) is 65.3 Å². The zero-order valence-electron chi connectivity index (χ0n) is 12.8. The van der Waals surface area contributed by atoms with Crippen LogP contribution in [0.1, 0.15) is 15.5 Å². The molecular weight excluding hydrogens is 322 g/mol. The van der Waals surface area contributed by atoms with Gasteiger partial charge in [-0.05, 0) is 25.1 Å². The number of hydrogen-bond acceptors (Lipinski definition) is 5. The molecular formula is C18H13N3O2S. The van der Waals surface area contributed by atoms with E-state index in [9.17, 15) is 4.79 Å². The molecule has 2 heterocycles. The number of carbonyl (C=O) groups is 1. The van der Waals surface area contributed by atoms with E-state index in [4.69, 9.17) is 4.52 Å². The van der Waals surface area contributed by atoms with E-state index in [1.807, 2.05) is 55.5 Å². The van der Waals surface area contributed by atoms with Crippen molar-refractivity contribution in [2.45, 2.75) is 6.92 Å². The zero-order chi connectivity index (χ0) is 16.5. The van der Waals surface area contributed by atoms with Crippen LogP contribution in [0.5, 0.6) is 0 Å². The van der Waals surface area contributed by atoms with Crippen molar-refractivity contribution in [2.24, 2.45) is 0 Å². The summed E-state index contributed by atoms with van der Waals surface area (Å²) in [5.41, 5.74) is 2.77. The molecule has 2 aromatic heterocycles. The number of aryl methyl sites for hydroxylation is 1. The molecule has 0 fully saturated rings. The molecule has 1 N–H and O–H groups in total. The van der Waals surface area contributed by atoms with Crippen molar-refractivity contribution in [1.29, 1.82) is 0 Å². The van der Waals surface area contributed by atoms with Crippen molar-refractivity contribution < 1.29 is 9.32 Å². The van der Waals surface area contributed by atoms with E-state index in [0.717, 1.165) is 20.8 Å². The first-order chi connectivity index (χ1) is 11.7. The SMILES string of the molecule is Cc1nc2ccc(NC(=O)c3cc(-c4ccccc4)on3)cc2s1. The second kappa shape index (κ2) is 5.90.